The number of para-hydroxylation sites is 2. The first-order valence-corrected chi connectivity index (χ1v) is 11.3. The lowest BCUT2D eigenvalue weighted by Gasteiger charge is -2.10. The molecule has 0 aliphatic rings. The van der Waals surface area contributed by atoms with Gasteiger partial charge in [0.2, 0.25) is 15.7 Å². The molecule has 0 aliphatic heterocycles. The Morgan fingerprint density at radius 1 is 0.968 bits per heavy atom. The molecule has 0 radical (unpaired) electrons. The molecule has 5 nitrogen and oxygen atoms in total. The van der Waals surface area contributed by atoms with Crippen molar-refractivity contribution in [2.75, 3.05) is 5.32 Å². The van der Waals surface area contributed by atoms with Crippen molar-refractivity contribution >= 4 is 32.3 Å². The summed E-state index contributed by atoms with van der Waals surface area (Å²) in [5.41, 5.74) is 2.39. The van der Waals surface area contributed by atoms with Crippen LogP contribution in [0.2, 0.25) is 0 Å². The number of amides is 1. The second-order valence-electron chi connectivity index (χ2n) is 7.15. The van der Waals surface area contributed by atoms with Crippen molar-refractivity contribution in [3.63, 3.8) is 0 Å². The van der Waals surface area contributed by atoms with E-state index in [0.717, 1.165) is 29.8 Å². The Bertz CT molecular complexity index is 1360. The molecule has 0 fully saturated rings. The number of benzene rings is 3. The van der Waals surface area contributed by atoms with Crippen LogP contribution in [0.3, 0.4) is 0 Å². The number of hydrogen-bond acceptors (Lipinski definition) is 3. The summed E-state index contributed by atoms with van der Waals surface area (Å²) in [6, 6.07) is 19.3. The van der Waals surface area contributed by atoms with Gasteiger partial charge in [0.15, 0.2) is 0 Å². The van der Waals surface area contributed by atoms with Crippen LogP contribution in [0.4, 0.5) is 10.1 Å². The Kier molecular flexibility index (Phi) is 5.61. The van der Waals surface area contributed by atoms with E-state index in [0.29, 0.717) is 10.9 Å². The third kappa shape index (κ3) is 4.09. The third-order valence-electron chi connectivity index (χ3n) is 5.15. The number of carbonyl (C=O) groups excluding carboxylic acids is 1. The molecule has 1 aromatic heterocycles. The minimum atomic E-state index is -3.89. The van der Waals surface area contributed by atoms with Crippen LogP contribution in [0.15, 0.2) is 88.8 Å². The number of fused-ring (bicyclic) bond motifs is 1. The lowest BCUT2D eigenvalue weighted by molar-refractivity contribution is -0.116. The molecule has 0 saturated carbocycles. The van der Waals surface area contributed by atoms with Gasteiger partial charge in [0.25, 0.3) is 0 Å². The molecule has 1 amide bonds. The zero-order valence-electron chi connectivity index (χ0n) is 16.9. The number of anilines is 1. The van der Waals surface area contributed by atoms with Crippen molar-refractivity contribution in [2.24, 2.45) is 0 Å². The van der Waals surface area contributed by atoms with Gasteiger partial charge in [0.1, 0.15) is 12.4 Å². The fraction of sp³-hybridized carbons (Fsp3) is 0.125. The summed E-state index contributed by atoms with van der Waals surface area (Å²) in [5, 5.41) is 3.42. The highest BCUT2D eigenvalue weighted by molar-refractivity contribution is 7.91. The highest BCUT2D eigenvalue weighted by Crippen LogP contribution is 2.30. The normalized spacial score (nSPS) is 11.5. The molecular formula is C24H21FN2O3S. The highest BCUT2D eigenvalue weighted by atomic mass is 32.2. The zero-order valence-corrected chi connectivity index (χ0v) is 17.7. The van der Waals surface area contributed by atoms with Gasteiger partial charge >= 0.3 is 0 Å². The van der Waals surface area contributed by atoms with Gasteiger partial charge in [-0.3, -0.25) is 4.79 Å². The molecule has 1 heterocycles. The first kappa shape index (κ1) is 20.8. The van der Waals surface area contributed by atoms with E-state index in [1.54, 1.807) is 28.8 Å². The number of nitrogens with zero attached hydrogens (tertiary/aromatic N) is 1. The van der Waals surface area contributed by atoms with Gasteiger partial charge in [-0.2, -0.15) is 0 Å². The van der Waals surface area contributed by atoms with Crippen LogP contribution in [-0.4, -0.2) is 18.9 Å². The van der Waals surface area contributed by atoms with E-state index in [1.807, 2.05) is 31.2 Å². The van der Waals surface area contributed by atoms with Crippen molar-refractivity contribution in [2.45, 2.75) is 29.7 Å². The number of rotatable bonds is 6. The topological polar surface area (TPSA) is 68.2 Å². The maximum Gasteiger partial charge on any atom is 0.244 e. The summed E-state index contributed by atoms with van der Waals surface area (Å²) >= 11 is 0. The summed E-state index contributed by atoms with van der Waals surface area (Å²) < 4.78 is 41.3. The van der Waals surface area contributed by atoms with Crippen molar-refractivity contribution in [1.82, 2.24) is 4.57 Å². The van der Waals surface area contributed by atoms with Gasteiger partial charge in [-0.05, 0) is 48.4 Å². The van der Waals surface area contributed by atoms with Crippen LogP contribution >= 0.6 is 0 Å². The van der Waals surface area contributed by atoms with Crippen LogP contribution in [0.25, 0.3) is 10.9 Å². The molecular weight excluding hydrogens is 415 g/mol. The minimum absolute atomic E-state index is 0.00173. The second kappa shape index (κ2) is 8.35. The Balaban J connectivity index is 1.70. The van der Waals surface area contributed by atoms with Crippen molar-refractivity contribution in [1.29, 1.82) is 0 Å². The van der Waals surface area contributed by atoms with E-state index in [9.17, 15) is 17.6 Å². The van der Waals surface area contributed by atoms with Crippen molar-refractivity contribution < 1.29 is 17.6 Å². The molecule has 0 spiro atoms. The number of nitrogens with one attached hydrogen (secondary N) is 1. The van der Waals surface area contributed by atoms with Gasteiger partial charge in [0, 0.05) is 22.8 Å². The number of sulfone groups is 1. The quantitative estimate of drug-likeness (QED) is 0.441. The predicted molar refractivity (Wildman–Crippen MR) is 118 cm³/mol. The van der Waals surface area contributed by atoms with Gasteiger partial charge < -0.3 is 9.88 Å². The maximum absolute atomic E-state index is 13.3. The zero-order chi connectivity index (χ0) is 22.0. The summed E-state index contributed by atoms with van der Waals surface area (Å²) in [6.07, 6.45) is 2.25. The van der Waals surface area contributed by atoms with Crippen LogP contribution in [-0.2, 0) is 27.6 Å². The first-order chi connectivity index (χ1) is 14.9. The number of aromatic nitrogens is 1. The Labute approximate surface area is 180 Å². The molecule has 0 bridgehead atoms. The largest absolute Gasteiger partial charge is 0.337 e. The van der Waals surface area contributed by atoms with Crippen LogP contribution in [0.1, 0.15) is 12.5 Å². The fourth-order valence-corrected chi connectivity index (χ4v) is 5.07. The van der Waals surface area contributed by atoms with Crippen LogP contribution in [0, 0.1) is 5.82 Å². The average molecular weight is 437 g/mol. The molecule has 0 unspecified atom stereocenters. The van der Waals surface area contributed by atoms with Gasteiger partial charge in [-0.15, -0.1) is 0 Å². The molecule has 7 heteroatoms. The SMILES string of the molecule is CCc1ccccc1NC(=O)Cn1cc(S(=O)(=O)c2ccc(F)cc2)c2ccccc21. The van der Waals surface area contributed by atoms with E-state index in [-0.39, 0.29) is 22.2 Å². The minimum Gasteiger partial charge on any atom is -0.337 e. The second-order valence-corrected chi connectivity index (χ2v) is 9.07. The third-order valence-corrected chi connectivity index (χ3v) is 6.95. The number of aryl methyl sites for hydroxylation is 1. The van der Waals surface area contributed by atoms with Gasteiger partial charge in [0.05, 0.1) is 9.79 Å². The summed E-state index contributed by atoms with van der Waals surface area (Å²) in [6.45, 7) is 1.97. The number of hydrogen-bond donors (Lipinski definition) is 1. The Morgan fingerprint density at radius 2 is 1.65 bits per heavy atom. The molecule has 4 rings (SSSR count). The summed E-state index contributed by atoms with van der Waals surface area (Å²) in [4.78, 5) is 12.8. The Morgan fingerprint density at radius 3 is 2.39 bits per heavy atom. The molecule has 0 aliphatic carbocycles. The number of halogens is 1. The first-order valence-electron chi connectivity index (χ1n) is 9.86. The summed E-state index contributed by atoms with van der Waals surface area (Å²) in [5.74, 6) is -0.766. The highest BCUT2D eigenvalue weighted by Gasteiger charge is 2.24. The fourth-order valence-electron chi connectivity index (χ4n) is 3.59. The Hall–Kier alpha value is -3.45. The lowest BCUT2D eigenvalue weighted by atomic mass is 10.1. The molecule has 0 saturated heterocycles. The van der Waals surface area contributed by atoms with Gasteiger partial charge in [-0.1, -0.05) is 43.3 Å². The summed E-state index contributed by atoms with van der Waals surface area (Å²) in [7, 11) is -3.89. The van der Waals surface area contributed by atoms with E-state index >= 15 is 0 Å². The monoisotopic (exact) mass is 436 g/mol. The molecule has 0 atom stereocenters. The standard InChI is InChI=1S/C24H21FN2O3S/c1-2-17-7-3-5-9-21(17)26-24(28)16-27-15-23(20-8-4-6-10-22(20)27)31(29,30)19-13-11-18(25)12-14-19/h3-15H,2,16H2,1H3,(H,26,28). The van der Waals surface area contributed by atoms with E-state index < -0.39 is 15.7 Å². The van der Waals surface area contributed by atoms with Crippen LogP contribution < -0.4 is 5.32 Å². The van der Waals surface area contributed by atoms with Crippen molar-refractivity contribution in [3.8, 4) is 0 Å². The molecule has 31 heavy (non-hydrogen) atoms. The lowest BCUT2D eigenvalue weighted by Crippen LogP contribution is -2.19. The van der Waals surface area contributed by atoms with E-state index in [2.05, 4.69) is 5.32 Å². The molecule has 4 aromatic rings. The van der Waals surface area contributed by atoms with Gasteiger partial charge in [-0.25, -0.2) is 12.8 Å². The predicted octanol–water partition coefficient (Wildman–Crippen LogP) is 4.81. The van der Waals surface area contributed by atoms with Crippen LogP contribution in [0.5, 0.6) is 0 Å². The number of carbonyl (C=O) groups is 1. The molecule has 3 aromatic carbocycles. The molecule has 1 N–H and O–H groups in total. The van der Waals surface area contributed by atoms with E-state index in [1.165, 1.54) is 18.3 Å². The average Bonchev–Trinajstić information content (AvgIpc) is 3.13. The molecule has 158 valence electrons. The maximum atomic E-state index is 13.3. The smallest absolute Gasteiger partial charge is 0.244 e. The van der Waals surface area contributed by atoms with Crippen molar-refractivity contribution in [3.05, 3.63) is 90.4 Å². The van der Waals surface area contributed by atoms with E-state index in [4.69, 9.17) is 0 Å².